The Hall–Kier alpha value is -1.15. The summed E-state index contributed by atoms with van der Waals surface area (Å²) in [5, 5.41) is 8.81. The van der Waals surface area contributed by atoms with Crippen molar-refractivity contribution in [3.05, 3.63) is 0 Å². The fourth-order valence-corrected chi connectivity index (χ4v) is 3.72. The summed E-state index contributed by atoms with van der Waals surface area (Å²) in [5.41, 5.74) is 5.73. The summed E-state index contributed by atoms with van der Waals surface area (Å²) < 4.78 is 23.1. The van der Waals surface area contributed by atoms with Crippen molar-refractivity contribution in [1.82, 2.24) is 4.90 Å². The van der Waals surface area contributed by atoms with Crippen LogP contribution in [0.3, 0.4) is 0 Å². The predicted octanol–water partition coefficient (Wildman–Crippen LogP) is -0.786. The average molecular weight is 292 g/mol. The highest BCUT2D eigenvalue weighted by Crippen LogP contribution is 2.17. The number of sulfone groups is 1. The molecule has 7 nitrogen and oxygen atoms in total. The summed E-state index contributed by atoms with van der Waals surface area (Å²) in [6, 6.07) is -1.51. The second-order valence-corrected chi connectivity index (χ2v) is 7.02. The molecule has 1 saturated heterocycles. The van der Waals surface area contributed by atoms with Crippen LogP contribution in [0, 0.1) is 0 Å². The van der Waals surface area contributed by atoms with Crippen molar-refractivity contribution in [2.45, 2.75) is 38.3 Å². The van der Waals surface area contributed by atoms with E-state index >= 15 is 0 Å². The molecular formula is C11H20N2O5S. The van der Waals surface area contributed by atoms with Crippen LogP contribution in [-0.2, 0) is 19.4 Å². The first-order valence-corrected chi connectivity index (χ1v) is 8.07. The highest BCUT2D eigenvalue weighted by Gasteiger charge is 2.36. The van der Waals surface area contributed by atoms with Crippen molar-refractivity contribution in [1.29, 1.82) is 0 Å². The Morgan fingerprint density at radius 1 is 1.47 bits per heavy atom. The number of hydrogen-bond acceptors (Lipinski definition) is 5. The molecule has 1 unspecified atom stereocenters. The highest BCUT2D eigenvalue weighted by atomic mass is 32.2. The molecule has 1 fully saturated rings. The topological polar surface area (TPSA) is 118 Å². The molecule has 0 aromatic heterocycles. The lowest BCUT2D eigenvalue weighted by Gasteiger charge is -2.36. The molecule has 0 aromatic carbocycles. The van der Waals surface area contributed by atoms with Crippen LogP contribution < -0.4 is 5.73 Å². The maximum atomic E-state index is 12.1. The van der Waals surface area contributed by atoms with E-state index in [0.29, 0.717) is 6.42 Å². The van der Waals surface area contributed by atoms with Gasteiger partial charge in [-0.15, -0.1) is 0 Å². The van der Waals surface area contributed by atoms with Gasteiger partial charge in [0.15, 0.2) is 9.84 Å². The lowest BCUT2D eigenvalue weighted by molar-refractivity contribution is -0.141. The average Bonchev–Trinajstić information content (AvgIpc) is 2.26. The third-order valence-electron chi connectivity index (χ3n) is 3.14. The fraction of sp³-hybridized carbons (Fsp3) is 0.818. The summed E-state index contributed by atoms with van der Waals surface area (Å²) >= 11 is 0. The molecule has 3 N–H and O–H groups in total. The van der Waals surface area contributed by atoms with Crippen LogP contribution in [0.25, 0.3) is 0 Å². The molecule has 1 heterocycles. The first-order chi connectivity index (χ1) is 8.76. The quantitative estimate of drug-likeness (QED) is 0.686. The van der Waals surface area contributed by atoms with Crippen LogP contribution in [-0.4, -0.2) is 60.4 Å². The zero-order valence-corrected chi connectivity index (χ0v) is 11.7. The molecule has 2 atom stereocenters. The molecule has 0 aromatic rings. The standard InChI is InChI=1S/C11H20N2O5S/c1-2-3-9(12)11(16)13-4-5-19(17,18)7-8(13)6-10(14)15/h8-9H,2-7,12H2,1H3,(H,14,15)/t8?,9-/m0/s1. The molecule has 19 heavy (non-hydrogen) atoms. The van der Waals surface area contributed by atoms with Crippen molar-refractivity contribution >= 4 is 21.7 Å². The predicted molar refractivity (Wildman–Crippen MR) is 69.3 cm³/mol. The summed E-state index contributed by atoms with van der Waals surface area (Å²) in [6.07, 6.45) is 0.869. The minimum atomic E-state index is -3.28. The number of carboxylic acid groups (broad SMARTS) is 1. The highest BCUT2D eigenvalue weighted by molar-refractivity contribution is 7.91. The van der Waals surface area contributed by atoms with Gasteiger partial charge in [0.2, 0.25) is 5.91 Å². The van der Waals surface area contributed by atoms with E-state index in [1.54, 1.807) is 0 Å². The van der Waals surface area contributed by atoms with Gasteiger partial charge in [0.05, 0.1) is 30.0 Å². The van der Waals surface area contributed by atoms with Gasteiger partial charge in [-0.2, -0.15) is 0 Å². The van der Waals surface area contributed by atoms with Gasteiger partial charge in [-0.05, 0) is 6.42 Å². The fourth-order valence-electron chi connectivity index (χ4n) is 2.19. The number of carbonyl (C=O) groups excluding carboxylic acids is 1. The number of nitrogens with two attached hydrogens (primary N) is 1. The monoisotopic (exact) mass is 292 g/mol. The van der Waals surface area contributed by atoms with E-state index < -0.39 is 27.9 Å². The Morgan fingerprint density at radius 2 is 2.11 bits per heavy atom. The summed E-state index contributed by atoms with van der Waals surface area (Å²) in [5.74, 6) is -1.91. The van der Waals surface area contributed by atoms with E-state index in [1.165, 1.54) is 4.90 Å². The number of nitrogens with zero attached hydrogens (tertiary/aromatic N) is 1. The number of aliphatic carboxylic acids is 1. The van der Waals surface area contributed by atoms with Crippen LogP contribution in [0.1, 0.15) is 26.2 Å². The number of carboxylic acids is 1. The Kier molecular flexibility index (Phi) is 5.30. The van der Waals surface area contributed by atoms with Gasteiger partial charge in [-0.1, -0.05) is 13.3 Å². The van der Waals surface area contributed by atoms with Crippen molar-refractivity contribution in [2.24, 2.45) is 5.73 Å². The maximum Gasteiger partial charge on any atom is 0.305 e. The molecule has 0 radical (unpaired) electrons. The lowest BCUT2D eigenvalue weighted by Crippen LogP contribution is -2.56. The van der Waals surface area contributed by atoms with E-state index in [2.05, 4.69) is 0 Å². The molecule has 110 valence electrons. The zero-order chi connectivity index (χ0) is 14.6. The van der Waals surface area contributed by atoms with Crippen LogP contribution >= 0.6 is 0 Å². The third-order valence-corrected chi connectivity index (χ3v) is 4.84. The van der Waals surface area contributed by atoms with Crippen molar-refractivity contribution in [3.63, 3.8) is 0 Å². The Labute approximate surface area is 112 Å². The first-order valence-electron chi connectivity index (χ1n) is 6.25. The summed E-state index contributed by atoms with van der Waals surface area (Å²) in [7, 11) is -3.28. The molecule has 1 aliphatic rings. The Bertz CT molecular complexity index is 448. The molecule has 0 saturated carbocycles. The van der Waals surface area contributed by atoms with Gasteiger partial charge in [0.1, 0.15) is 0 Å². The molecule has 0 aliphatic carbocycles. The van der Waals surface area contributed by atoms with Crippen LogP contribution in [0.4, 0.5) is 0 Å². The van der Waals surface area contributed by atoms with E-state index in [9.17, 15) is 18.0 Å². The van der Waals surface area contributed by atoms with Gasteiger partial charge in [-0.25, -0.2) is 8.42 Å². The number of rotatable bonds is 5. The van der Waals surface area contributed by atoms with Crippen LogP contribution in [0.5, 0.6) is 0 Å². The molecule has 0 bridgehead atoms. The van der Waals surface area contributed by atoms with Gasteiger partial charge < -0.3 is 15.7 Å². The van der Waals surface area contributed by atoms with Crippen LogP contribution in [0.15, 0.2) is 0 Å². The molecular weight excluding hydrogens is 272 g/mol. The molecule has 1 rings (SSSR count). The van der Waals surface area contributed by atoms with Gasteiger partial charge >= 0.3 is 5.97 Å². The molecule has 1 amide bonds. The van der Waals surface area contributed by atoms with E-state index in [4.69, 9.17) is 10.8 Å². The summed E-state index contributed by atoms with van der Waals surface area (Å²) in [4.78, 5) is 24.2. The van der Waals surface area contributed by atoms with Crippen molar-refractivity contribution < 1.29 is 23.1 Å². The smallest absolute Gasteiger partial charge is 0.305 e. The molecule has 1 aliphatic heterocycles. The normalized spacial score (nSPS) is 23.9. The van der Waals surface area contributed by atoms with Gasteiger partial charge in [0.25, 0.3) is 0 Å². The second-order valence-electron chi connectivity index (χ2n) is 4.79. The van der Waals surface area contributed by atoms with Crippen LogP contribution in [0.2, 0.25) is 0 Å². The van der Waals surface area contributed by atoms with Gasteiger partial charge in [-0.3, -0.25) is 9.59 Å². The van der Waals surface area contributed by atoms with E-state index in [1.807, 2.05) is 6.92 Å². The minimum absolute atomic E-state index is 0.0243. The number of carbonyl (C=O) groups is 2. The van der Waals surface area contributed by atoms with Crippen molar-refractivity contribution in [2.75, 3.05) is 18.1 Å². The molecule has 8 heteroatoms. The SMILES string of the molecule is CCC[C@H](N)C(=O)N1CCS(=O)(=O)CC1CC(=O)O. The Balaban J connectivity index is 2.84. The number of hydrogen-bond donors (Lipinski definition) is 2. The summed E-state index contributed by atoms with van der Waals surface area (Å²) in [6.45, 7) is 1.92. The lowest BCUT2D eigenvalue weighted by atomic mass is 10.1. The second kappa shape index (κ2) is 6.33. The third kappa shape index (κ3) is 4.46. The largest absolute Gasteiger partial charge is 0.481 e. The Morgan fingerprint density at radius 3 is 2.63 bits per heavy atom. The number of amides is 1. The van der Waals surface area contributed by atoms with E-state index in [-0.39, 0.29) is 30.4 Å². The van der Waals surface area contributed by atoms with Gasteiger partial charge in [0, 0.05) is 6.54 Å². The zero-order valence-electron chi connectivity index (χ0n) is 10.9. The maximum absolute atomic E-state index is 12.1. The first kappa shape index (κ1) is 15.9. The van der Waals surface area contributed by atoms with Crippen molar-refractivity contribution in [3.8, 4) is 0 Å². The minimum Gasteiger partial charge on any atom is -0.481 e. The van der Waals surface area contributed by atoms with E-state index in [0.717, 1.165) is 6.42 Å². The molecule has 0 spiro atoms.